The quantitative estimate of drug-likeness (QED) is 0.662. The van der Waals surface area contributed by atoms with Crippen molar-refractivity contribution >= 4 is 8.32 Å². The van der Waals surface area contributed by atoms with Crippen LogP contribution in [0.5, 0.6) is 0 Å². The Morgan fingerprint density at radius 3 is 2.05 bits per heavy atom. The molecule has 0 aliphatic heterocycles. The van der Waals surface area contributed by atoms with E-state index >= 15 is 0 Å². The summed E-state index contributed by atoms with van der Waals surface area (Å²) in [6.07, 6.45) is 3.32. The first kappa shape index (κ1) is 16.0. The highest BCUT2D eigenvalue weighted by Gasteiger charge is 2.71. The van der Waals surface area contributed by atoms with E-state index in [9.17, 15) is 5.26 Å². The van der Waals surface area contributed by atoms with Crippen LogP contribution in [-0.2, 0) is 4.43 Å². The van der Waals surface area contributed by atoms with Gasteiger partial charge in [0.15, 0.2) is 8.32 Å². The van der Waals surface area contributed by atoms with Gasteiger partial charge in [-0.05, 0) is 48.7 Å². The zero-order valence-corrected chi connectivity index (χ0v) is 15.6. The second-order valence-corrected chi connectivity index (χ2v) is 14.0. The van der Waals surface area contributed by atoms with Crippen LogP contribution < -0.4 is 0 Å². The lowest BCUT2D eigenvalue weighted by Gasteiger charge is -2.50. The Bertz CT molecular complexity index is 457. The van der Waals surface area contributed by atoms with Crippen molar-refractivity contribution in [1.29, 1.82) is 5.26 Å². The molecule has 0 aromatic rings. The number of hydrogen-bond donors (Lipinski definition) is 0. The van der Waals surface area contributed by atoms with Crippen molar-refractivity contribution < 1.29 is 4.43 Å². The molecule has 0 aromatic carbocycles. The molecule has 114 valence electrons. The molecule has 2 rings (SSSR count). The molecule has 0 N–H and O–H groups in total. The minimum atomic E-state index is -1.93. The third-order valence-electron chi connectivity index (χ3n) is 7.28. The largest absolute Gasteiger partial charge is 0.399 e. The highest BCUT2D eigenvalue weighted by molar-refractivity contribution is 6.74. The second-order valence-electron chi connectivity index (χ2n) is 9.29. The molecule has 0 saturated heterocycles. The Kier molecular flexibility index (Phi) is 3.29. The minimum absolute atomic E-state index is 0.00502. The van der Waals surface area contributed by atoms with Crippen molar-refractivity contribution in [3.05, 3.63) is 0 Å². The van der Waals surface area contributed by atoms with Crippen LogP contribution >= 0.6 is 0 Å². The van der Waals surface area contributed by atoms with Gasteiger partial charge >= 0.3 is 0 Å². The fourth-order valence-electron chi connectivity index (χ4n) is 4.18. The number of nitriles is 1. The Morgan fingerprint density at radius 2 is 1.75 bits per heavy atom. The van der Waals surface area contributed by atoms with E-state index in [0.717, 1.165) is 12.8 Å². The van der Waals surface area contributed by atoms with Crippen molar-refractivity contribution in [2.75, 3.05) is 0 Å². The molecule has 20 heavy (non-hydrogen) atoms. The molecule has 2 aliphatic carbocycles. The normalized spacial score (nSPS) is 39.9. The van der Waals surface area contributed by atoms with Gasteiger partial charge in [0.25, 0.3) is 0 Å². The number of hydrogen-bond acceptors (Lipinski definition) is 2. The molecule has 2 fully saturated rings. The van der Waals surface area contributed by atoms with E-state index < -0.39 is 13.9 Å². The van der Waals surface area contributed by atoms with E-state index in [1.807, 2.05) is 0 Å². The molecule has 2 bridgehead atoms. The maximum atomic E-state index is 10.0. The van der Waals surface area contributed by atoms with Gasteiger partial charge < -0.3 is 4.43 Å². The van der Waals surface area contributed by atoms with Crippen molar-refractivity contribution in [2.24, 2.45) is 16.7 Å². The van der Waals surface area contributed by atoms with Crippen molar-refractivity contribution in [3.8, 4) is 6.07 Å². The minimum Gasteiger partial charge on any atom is -0.399 e. The SMILES string of the molecule is CC1(C)C2CCC1(C)C(C#N)(O[Si](C)(C)C(C)(C)C)C2. The van der Waals surface area contributed by atoms with Crippen LogP contribution in [0.15, 0.2) is 0 Å². The van der Waals surface area contributed by atoms with Crippen LogP contribution in [-0.4, -0.2) is 13.9 Å². The Morgan fingerprint density at radius 1 is 1.20 bits per heavy atom. The van der Waals surface area contributed by atoms with Gasteiger partial charge in [-0.3, -0.25) is 0 Å². The van der Waals surface area contributed by atoms with Crippen LogP contribution in [0.1, 0.15) is 60.8 Å². The molecular formula is C17H31NOSi. The standard InChI is InChI=1S/C17H31NOSi/c1-14(2,3)20(7,8)19-17(12-18)11-13-9-10-16(17,6)15(13,4)5/h13H,9-11H2,1-8H3. The first-order valence-corrected chi connectivity index (χ1v) is 10.9. The van der Waals surface area contributed by atoms with Crippen molar-refractivity contribution in [3.63, 3.8) is 0 Å². The summed E-state index contributed by atoms with van der Waals surface area (Å²) >= 11 is 0. The maximum absolute atomic E-state index is 10.0. The van der Waals surface area contributed by atoms with E-state index in [1.54, 1.807) is 0 Å². The lowest BCUT2D eigenvalue weighted by molar-refractivity contribution is -0.0344. The van der Waals surface area contributed by atoms with Gasteiger partial charge in [-0.1, -0.05) is 41.5 Å². The molecule has 2 aliphatic rings. The molecular weight excluding hydrogens is 262 g/mol. The molecule has 0 aromatic heterocycles. The van der Waals surface area contributed by atoms with Crippen LogP contribution in [0.25, 0.3) is 0 Å². The molecule has 0 amide bonds. The second kappa shape index (κ2) is 4.11. The first-order chi connectivity index (χ1) is 8.83. The molecule has 3 unspecified atom stereocenters. The van der Waals surface area contributed by atoms with E-state index in [1.165, 1.54) is 6.42 Å². The van der Waals surface area contributed by atoms with Gasteiger partial charge in [0, 0.05) is 5.41 Å². The highest BCUT2D eigenvalue weighted by atomic mass is 28.4. The number of fused-ring (bicyclic) bond motifs is 2. The fraction of sp³-hybridized carbons (Fsp3) is 0.941. The molecule has 2 nitrogen and oxygen atoms in total. The zero-order chi connectivity index (χ0) is 15.6. The monoisotopic (exact) mass is 293 g/mol. The van der Waals surface area contributed by atoms with Crippen LogP contribution in [0.3, 0.4) is 0 Å². The van der Waals surface area contributed by atoms with Gasteiger partial charge in [-0.2, -0.15) is 5.26 Å². The third-order valence-corrected chi connectivity index (χ3v) is 11.7. The topological polar surface area (TPSA) is 33.0 Å². The number of rotatable bonds is 2. The molecule has 3 heteroatoms. The Hall–Kier alpha value is -0.333. The van der Waals surface area contributed by atoms with Gasteiger partial charge in [0.05, 0.1) is 6.07 Å². The van der Waals surface area contributed by atoms with Crippen LogP contribution in [0.4, 0.5) is 0 Å². The maximum Gasteiger partial charge on any atom is 0.194 e. The smallest absolute Gasteiger partial charge is 0.194 e. The Labute approximate surface area is 126 Å². The van der Waals surface area contributed by atoms with E-state index in [-0.39, 0.29) is 15.9 Å². The average Bonchev–Trinajstić information content (AvgIpc) is 2.59. The molecule has 3 atom stereocenters. The van der Waals surface area contributed by atoms with E-state index in [2.05, 4.69) is 60.7 Å². The summed E-state index contributed by atoms with van der Waals surface area (Å²) in [6.45, 7) is 18.3. The average molecular weight is 294 g/mol. The summed E-state index contributed by atoms with van der Waals surface area (Å²) < 4.78 is 6.75. The summed E-state index contributed by atoms with van der Waals surface area (Å²) in [6, 6.07) is 2.65. The zero-order valence-electron chi connectivity index (χ0n) is 14.6. The highest BCUT2D eigenvalue weighted by Crippen LogP contribution is 2.71. The summed E-state index contributed by atoms with van der Waals surface area (Å²) in [5, 5.41) is 10.2. The van der Waals surface area contributed by atoms with Gasteiger partial charge in [-0.15, -0.1) is 0 Å². The van der Waals surface area contributed by atoms with Gasteiger partial charge in [0.2, 0.25) is 0 Å². The van der Waals surface area contributed by atoms with Crippen molar-refractivity contribution in [2.45, 2.75) is 84.5 Å². The van der Waals surface area contributed by atoms with Crippen molar-refractivity contribution in [1.82, 2.24) is 0 Å². The third kappa shape index (κ3) is 1.77. The van der Waals surface area contributed by atoms with E-state index in [4.69, 9.17) is 4.43 Å². The molecule has 0 heterocycles. The Balaban J connectivity index is 2.43. The first-order valence-electron chi connectivity index (χ1n) is 7.94. The van der Waals surface area contributed by atoms with Gasteiger partial charge in [0.1, 0.15) is 5.60 Å². The van der Waals surface area contributed by atoms with Crippen LogP contribution in [0.2, 0.25) is 18.1 Å². The van der Waals surface area contributed by atoms with Crippen LogP contribution in [0, 0.1) is 28.1 Å². The lowest BCUT2D eigenvalue weighted by atomic mass is 9.65. The number of nitrogens with zero attached hydrogens (tertiary/aromatic N) is 1. The lowest BCUT2D eigenvalue weighted by Crippen LogP contribution is -2.56. The van der Waals surface area contributed by atoms with Gasteiger partial charge in [-0.25, -0.2) is 0 Å². The summed E-state index contributed by atoms with van der Waals surface area (Å²) in [5.74, 6) is 0.636. The predicted molar refractivity (Wildman–Crippen MR) is 85.9 cm³/mol. The molecule has 2 saturated carbocycles. The predicted octanol–water partition coefficient (Wildman–Crippen LogP) is 5.12. The fourth-order valence-corrected chi connectivity index (χ4v) is 5.71. The molecule has 0 radical (unpaired) electrons. The summed E-state index contributed by atoms with van der Waals surface area (Å²) in [5.41, 5.74) is -0.359. The summed E-state index contributed by atoms with van der Waals surface area (Å²) in [7, 11) is -1.93. The van der Waals surface area contributed by atoms with E-state index in [0.29, 0.717) is 5.92 Å². The molecule has 0 spiro atoms. The summed E-state index contributed by atoms with van der Waals surface area (Å²) in [4.78, 5) is 0.